The van der Waals surface area contributed by atoms with Gasteiger partial charge in [0.1, 0.15) is 6.33 Å². The van der Waals surface area contributed by atoms with Crippen molar-refractivity contribution in [2.75, 3.05) is 13.1 Å². The number of benzene rings is 1. The molecule has 5 heteroatoms. The zero-order valence-electron chi connectivity index (χ0n) is 14.1. The summed E-state index contributed by atoms with van der Waals surface area (Å²) >= 11 is 0. The van der Waals surface area contributed by atoms with Crippen molar-refractivity contribution in [1.29, 1.82) is 5.26 Å². The van der Waals surface area contributed by atoms with Gasteiger partial charge in [-0.3, -0.25) is 4.79 Å². The number of fused-ring (bicyclic) bond motifs is 1. The average Bonchev–Trinajstić information content (AvgIpc) is 3.48. The Morgan fingerprint density at radius 2 is 1.92 bits per heavy atom. The van der Waals surface area contributed by atoms with Gasteiger partial charge in [-0.2, -0.15) is 5.26 Å². The molecular formula is C20H20N4O. The van der Waals surface area contributed by atoms with Crippen molar-refractivity contribution in [3.63, 3.8) is 0 Å². The molecule has 5 nitrogen and oxygen atoms in total. The molecule has 1 aromatic heterocycles. The molecule has 2 heterocycles. The SMILES string of the molecule is N#Cc1ccc(CC(=O)N2CCc3ncnc(C4CC4)c3CC2)cc1. The highest BCUT2D eigenvalue weighted by molar-refractivity contribution is 5.79. The van der Waals surface area contributed by atoms with E-state index in [0.717, 1.165) is 30.6 Å². The van der Waals surface area contributed by atoms with Gasteiger partial charge in [0.2, 0.25) is 5.91 Å². The van der Waals surface area contributed by atoms with Crippen LogP contribution in [0.25, 0.3) is 0 Å². The third kappa shape index (κ3) is 3.39. The minimum absolute atomic E-state index is 0.137. The number of rotatable bonds is 3. The Balaban J connectivity index is 1.45. The van der Waals surface area contributed by atoms with Crippen LogP contribution in [0.3, 0.4) is 0 Å². The Labute approximate surface area is 147 Å². The largest absolute Gasteiger partial charge is 0.342 e. The number of amides is 1. The number of nitriles is 1. The maximum Gasteiger partial charge on any atom is 0.227 e. The van der Waals surface area contributed by atoms with E-state index in [1.807, 2.05) is 17.0 Å². The van der Waals surface area contributed by atoms with Crippen LogP contribution in [-0.2, 0) is 24.1 Å². The fourth-order valence-electron chi connectivity index (χ4n) is 3.49. The van der Waals surface area contributed by atoms with E-state index in [1.54, 1.807) is 18.5 Å². The molecule has 25 heavy (non-hydrogen) atoms. The summed E-state index contributed by atoms with van der Waals surface area (Å²) in [5.41, 5.74) is 5.17. The third-order valence-corrected chi connectivity index (χ3v) is 5.07. The number of carbonyl (C=O) groups is 1. The fraction of sp³-hybridized carbons (Fsp3) is 0.400. The Morgan fingerprint density at radius 3 is 2.64 bits per heavy atom. The minimum Gasteiger partial charge on any atom is -0.342 e. The number of nitrogens with zero attached hydrogens (tertiary/aromatic N) is 4. The van der Waals surface area contributed by atoms with Gasteiger partial charge in [-0.05, 0) is 42.5 Å². The van der Waals surface area contributed by atoms with Crippen LogP contribution in [-0.4, -0.2) is 33.9 Å². The van der Waals surface area contributed by atoms with Crippen molar-refractivity contribution in [2.45, 2.75) is 38.0 Å². The Bertz CT molecular complexity index is 834. The lowest BCUT2D eigenvalue weighted by Gasteiger charge is -2.20. The molecule has 2 aliphatic rings. The van der Waals surface area contributed by atoms with Crippen LogP contribution >= 0.6 is 0 Å². The summed E-state index contributed by atoms with van der Waals surface area (Å²) in [6.07, 6.45) is 6.16. The molecule has 126 valence electrons. The Kier molecular flexibility index (Phi) is 4.19. The molecule has 1 amide bonds. The van der Waals surface area contributed by atoms with Gasteiger partial charge in [-0.1, -0.05) is 12.1 Å². The second-order valence-corrected chi connectivity index (χ2v) is 6.82. The number of aromatic nitrogens is 2. The van der Waals surface area contributed by atoms with Gasteiger partial charge in [-0.25, -0.2) is 9.97 Å². The summed E-state index contributed by atoms with van der Waals surface area (Å²) in [4.78, 5) is 23.6. The summed E-state index contributed by atoms with van der Waals surface area (Å²) in [6, 6.07) is 9.35. The summed E-state index contributed by atoms with van der Waals surface area (Å²) in [6.45, 7) is 1.44. The normalized spacial score (nSPS) is 16.7. The maximum atomic E-state index is 12.7. The molecule has 0 saturated heterocycles. The van der Waals surface area contributed by atoms with Gasteiger partial charge < -0.3 is 4.90 Å². The Hall–Kier alpha value is -2.74. The van der Waals surface area contributed by atoms with Gasteiger partial charge in [0, 0.05) is 31.1 Å². The van der Waals surface area contributed by atoms with Gasteiger partial charge in [0.05, 0.1) is 23.7 Å². The summed E-state index contributed by atoms with van der Waals surface area (Å²) in [5.74, 6) is 0.746. The van der Waals surface area contributed by atoms with Crippen LogP contribution < -0.4 is 0 Å². The first-order valence-corrected chi connectivity index (χ1v) is 8.84. The van der Waals surface area contributed by atoms with Crippen molar-refractivity contribution in [3.05, 3.63) is 58.7 Å². The molecule has 0 spiro atoms. The predicted molar refractivity (Wildman–Crippen MR) is 92.9 cm³/mol. The fourth-order valence-corrected chi connectivity index (χ4v) is 3.49. The van der Waals surface area contributed by atoms with Crippen LogP contribution in [0.4, 0.5) is 0 Å². The standard InChI is InChI=1S/C20H20N4O/c21-12-15-3-1-14(2-4-15)11-19(25)24-9-7-17-18(8-10-24)22-13-23-20(17)16-5-6-16/h1-4,13,16H,5-11H2. The first kappa shape index (κ1) is 15.8. The third-order valence-electron chi connectivity index (χ3n) is 5.07. The lowest BCUT2D eigenvalue weighted by Crippen LogP contribution is -2.34. The molecule has 0 radical (unpaired) electrons. The van der Waals surface area contributed by atoms with E-state index in [-0.39, 0.29) is 5.91 Å². The number of hydrogen-bond acceptors (Lipinski definition) is 4. The topological polar surface area (TPSA) is 69.9 Å². The predicted octanol–water partition coefficient (Wildman–Crippen LogP) is 2.40. The van der Waals surface area contributed by atoms with Gasteiger partial charge in [0.25, 0.3) is 0 Å². The van der Waals surface area contributed by atoms with Crippen molar-refractivity contribution in [2.24, 2.45) is 0 Å². The highest BCUT2D eigenvalue weighted by Gasteiger charge is 2.30. The summed E-state index contributed by atoms with van der Waals surface area (Å²) < 4.78 is 0. The van der Waals surface area contributed by atoms with Gasteiger partial charge in [0.15, 0.2) is 0 Å². The molecule has 1 aromatic carbocycles. The highest BCUT2D eigenvalue weighted by atomic mass is 16.2. The lowest BCUT2D eigenvalue weighted by atomic mass is 10.0. The van der Waals surface area contributed by atoms with Crippen LogP contribution in [0, 0.1) is 11.3 Å². The van der Waals surface area contributed by atoms with Crippen LogP contribution in [0.1, 0.15) is 46.8 Å². The van der Waals surface area contributed by atoms with E-state index >= 15 is 0 Å². The molecule has 0 atom stereocenters. The average molecular weight is 332 g/mol. The zero-order valence-corrected chi connectivity index (χ0v) is 14.1. The zero-order chi connectivity index (χ0) is 17.2. The second-order valence-electron chi connectivity index (χ2n) is 6.82. The van der Waals surface area contributed by atoms with E-state index in [4.69, 9.17) is 5.26 Å². The second kappa shape index (κ2) is 6.64. The minimum atomic E-state index is 0.137. The number of hydrogen-bond donors (Lipinski definition) is 0. The summed E-state index contributed by atoms with van der Waals surface area (Å²) in [7, 11) is 0. The first-order valence-electron chi connectivity index (χ1n) is 8.84. The number of carbonyl (C=O) groups excluding carboxylic acids is 1. The van der Waals surface area contributed by atoms with Gasteiger partial charge >= 0.3 is 0 Å². The van der Waals surface area contributed by atoms with Crippen molar-refractivity contribution in [1.82, 2.24) is 14.9 Å². The molecule has 1 aliphatic heterocycles. The van der Waals surface area contributed by atoms with E-state index in [2.05, 4.69) is 16.0 Å². The van der Waals surface area contributed by atoms with E-state index in [0.29, 0.717) is 24.4 Å². The maximum absolute atomic E-state index is 12.7. The highest BCUT2D eigenvalue weighted by Crippen LogP contribution is 2.41. The van der Waals surface area contributed by atoms with Crippen molar-refractivity contribution in [3.8, 4) is 6.07 Å². The molecule has 4 rings (SSSR count). The van der Waals surface area contributed by atoms with Crippen molar-refractivity contribution >= 4 is 5.91 Å². The summed E-state index contributed by atoms with van der Waals surface area (Å²) in [5, 5.41) is 8.86. The van der Waals surface area contributed by atoms with Crippen LogP contribution in [0.5, 0.6) is 0 Å². The van der Waals surface area contributed by atoms with Gasteiger partial charge in [-0.15, -0.1) is 0 Å². The molecule has 2 aromatic rings. The Morgan fingerprint density at radius 1 is 1.16 bits per heavy atom. The first-order chi connectivity index (χ1) is 12.2. The van der Waals surface area contributed by atoms with Crippen LogP contribution in [0.15, 0.2) is 30.6 Å². The molecule has 1 saturated carbocycles. The molecule has 1 aliphatic carbocycles. The van der Waals surface area contributed by atoms with Crippen LogP contribution in [0.2, 0.25) is 0 Å². The lowest BCUT2D eigenvalue weighted by molar-refractivity contribution is -0.130. The molecular weight excluding hydrogens is 312 g/mol. The quantitative estimate of drug-likeness (QED) is 0.865. The van der Waals surface area contributed by atoms with E-state index < -0.39 is 0 Å². The molecule has 0 N–H and O–H groups in total. The van der Waals surface area contributed by atoms with Crippen molar-refractivity contribution < 1.29 is 4.79 Å². The van der Waals surface area contributed by atoms with E-state index in [9.17, 15) is 4.79 Å². The van der Waals surface area contributed by atoms with E-state index in [1.165, 1.54) is 24.1 Å². The smallest absolute Gasteiger partial charge is 0.227 e. The molecule has 0 bridgehead atoms. The molecule has 0 unspecified atom stereocenters. The molecule has 1 fully saturated rings. The monoisotopic (exact) mass is 332 g/mol.